The van der Waals surface area contributed by atoms with Crippen molar-refractivity contribution in [3.8, 4) is 0 Å². The molecule has 2 heterocycles. The SMILES string of the molecule is Cc1cnc(CCN(C)C(=O)c2cnc(C(=O)O)cn2)s1. The molecule has 7 nitrogen and oxygen atoms in total. The lowest BCUT2D eigenvalue weighted by Crippen LogP contribution is -2.29. The number of carboxylic acids is 1. The second-order valence-electron chi connectivity index (χ2n) is 4.43. The number of rotatable bonds is 5. The van der Waals surface area contributed by atoms with Crippen LogP contribution in [0.25, 0.3) is 0 Å². The molecule has 0 unspecified atom stereocenters. The van der Waals surface area contributed by atoms with Gasteiger partial charge in [-0.1, -0.05) is 0 Å². The fraction of sp³-hybridized carbons (Fsp3) is 0.308. The first-order valence-corrected chi connectivity index (χ1v) is 7.01. The fourth-order valence-electron chi connectivity index (χ4n) is 1.63. The summed E-state index contributed by atoms with van der Waals surface area (Å²) in [5.74, 6) is -1.47. The van der Waals surface area contributed by atoms with E-state index in [1.54, 1.807) is 24.6 Å². The van der Waals surface area contributed by atoms with Crippen molar-refractivity contribution in [3.63, 3.8) is 0 Å². The molecule has 0 spiro atoms. The number of carboxylic acid groups (broad SMARTS) is 1. The van der Waals surface area contributed by atoms with E-state index in [-0.39, 0.29) is 17.3 Å². The van der Waals surface area contributed by atoms with E-state index in [4.69, 9.17) is 5.11 Å². The highest BCUT2D eigenvalue weighted by Crippen LogP contribution is 2.12. The van der Waals surface area contributed by atoms with Crippen LogP contribution in [0.3, 0.4) is 0 Å². The lowest BCUT2D eigenvalue weighted by Gasteiger charge is -2.15. The highest BCUT2D eigenvalue weighted by atomic mass is 32.1. The van der Waals surface area contributed by atoms with Gasteiger partial charge in [0.15, 0.2) is 5.69 Å². The van der Waals surface area contributed by atoms with Crippen LogP contribution in [0.5, 0.6) is 0 Å². The van der Waals surface area contributed by atoms with Gasteiger partial charge in [0.1, 0.15) is 5.69 Å². The number of hydrogen-bond donors (Lipinski definition) is 1. The molecule has 0 aromatic carbocycles. The van der Waals surface area contributed by atoms with Crippen LogP contribution in [0.15, 0.2) is 18.6 Å². The topological polar surface area (TPSA) is 96.3 Å². The van der Waals surface area contributed by atoms with Gasteiger partial charge in [0.05, 0.1) is 17.4 Å². The molecule has 2 aromatic heterocycles. The van der Waals surface area contributed by atoms with Gasteiger partial charge in [-0.3, -0.25) is 4.79 Å². The summed E-state index contributed by atoms with van der Waals surface area (Å²) < 4.78 is 0. The second kappa shape index (κ2) is 6.40. The maximum atomic E-state index is 12.1. The molecule has 0 fully saturated rings. The number of aromatic nitrogens is 3. The highest BCUT2D eigenvalue weighted by molar-refractivity contribution is 7.11. The van der Waals surface area contributed by atoms with Gasteiger partial charge in [0.2, 0.25) is 0 Å². The number of amides is 1. The summed E-state index contributed by atoms with van der Waals surface area (Å²) in [6.45, 7) is 2.49. The van der Waals surface area contributed by atoms with E-state index >= 15 is 0 Å². The van der Waals surface area contributed by atoms with Crippen LogP contribution in [0, 0.1) is 6.92 Å². The van der Waals surface area contributed by atoms with Crippen molar-refractivity contribution >= 4 is 23.2 Å². The average molecular weight is 306 g/mol. The van der Waals surface area contributed by atoms with Gasteiger partial charge in [-0.15, -0.1) is 11.3 Å². The summed E-state index contributed by atoms with van der Waals surface area (Å²) in [6.07, 6.45) is 4.72. The number of aryl methyl sites for hydroxylation is 1. The Hall–Kier alpha value is -2.35. The Balaban J connectivity index is 1.96. The number of aromatic carboxylic acids is 1. The third-order valence-electron chi connectivity index (χ3n) is 2.77. The Morgan fingerprint density at radius 1 is 1.19 bits per heavy atom. The standard InChI is InChI=1S/C13H14N4O3S/c1-8-5-16-11(21-8)3-4-17(2)12(18)9-6-15-10(7-14-9)13(19)20/h5-7H,3-4H2,1-2H3,(H,19,20). The molecule has 0 saturated heterocycles. The van der Waals surface area contributed by atoms with Gasteiger partial charge in [0, 0.05) is 31.1 Å². The first kappa shape index (κ1) is 15.0. The van der Waals surface area contributed by atoms with Gasteiger partial charge >= 0.3 is 5.97 Å². The van der Waals surface area contributed by atoms with Gasteiger partial charge in [-0.2, -0.15) is 0 Å². The molecule has 0 bridgehead atoms. The largest absolute Gasteiger partial charge is 0.476 e. The van der Waals surface area contributed by atoms with Crippen molar-refractivity contribution in [2.45, 2.75) is 13.3 Å². The molecule has 0 aliphatic rings. The summed E-state index contributed by atoms with van der Waals surface area (Å²) in [6, 6.07) is 0. The molecule has 110 valence electrons. The van der Waals surface area contributed by atoms with Crippen molar-refractivity contribution in [1.29, 1.82) is 0 Å². The Morgan fingerprint density at radius 2 is 1.86 bits per heavy atom. The van der Waals surface area contributed by atoms with E-state index in [9.17, 15) is 9.59 Å². The van der Waals surface area contributed by atoms with E-state index in [2.05, 4.69) is 15.0 Å². The van der Waals surface area contributed by atoms with Crippen molar-refractivity contribution in [2.75, 3.05) is 13.6 Å². The number of likely N-dealkylation sites (N-methyl/N-ethyl adjacent to an activating group) is 1. The number of nitrogens with zero attached hydrogens (tertiary/aromatic N) is 4. The summed E-state index contributed by atoms with van der Waals surface area (Å²) >= 11 is 1.60. The molecular weight excluding hydrogens is 292 g/mol. The zero-order valence-corrected chi connectivity index (χ0v) is 12.4. The van der Waals surface area contributed by atoms with Gasteiger partial charge < -0.3 is 10.0 Å². The van der Waals surface area contributed by atoms with Crippen molar-refractivity contribution in [3.05, 3.63) is 39.9 Å². The molecule has 21 heavy (non-hydrogen) atoms. The lowest BCUT2D eigenvalue weighted by atomic mass is 10.3. The predicted molar refractivity (Wildman–Crippen MR) is 76.5 cm³/mol. The molecular formula is C13H14N4O3S. The molecule has 8 heteroatoms. The average Bonchev–Trinajstić information content (AvgIpc) is 2.89. The van der Waals surface area contributed by atoms with Crippen molar-refractivity contribution < 1.29 is 14.7 Å². The Bertz CT molecular complexity index is 654. The van der Waals surface area contributed by atoms with Gasteiger partial charge in [-0.05, 0) is 6.92 Å². The first-order valence-electron chi connectivity index (χ1n) is 6.19. The molecule has 2 rings (SSSR count). The third kappa shape index (κ3) is 3.82. The predicted octanol–water partition coefficient (Wildman–Crippen LogP) is 1.25. The lowest BCUT2D eigenvalue weighted by molar-refractivity contribution is 0.0687. The highest BCUT2D eigenvalue weighted by Gasteiger charge is 2.15. The Labute approximate surface area is 125 Å². The zero-order chi connectivity index (χ0) is 15.4. The third-order valence-corrected chi connectivity index (χ3v) is 3.74. The Morgan fingerprint density at radius 3 is 2.38 bits per heavy atom. The normalized spacial score (nSPS) is 10.4. The van der Waals surface area contributed by atoms with E-state index in [0.717, 1.165) is 16.1 Å². The minimum atomic E-state index is -1.17. The minimum absolute atomic E-state index is 0.123. The maximum Gasteiger partial charge on any atom is 0.356 e. The number of thiazole rings is 1. The summed E-state index contributed by atoms with van der Waals surface area (Å²) in [5.41, 5.74) is -0.0646. The molecule has 0 aliphatic heterocycles. The maximum absolute atomic E-state index is 12.1. The van der Waals surface area contributed by atoms with E-state index < -0.39 is 5.97 Å². The van der Waals surface area contributed by atoms with E-state index in [1.807, 2.05) is 6.92 Å². The number of carbonyl (C=O) groups is 2. The monoisotopic (exact) mass is 306 g/mol. The zero-order valence-electron chi connectivity index (χ0n) is 11.6. The quantitative estimate of drug-likeness (QED) is 0.893. The van der Waals surface area contributed by atoms with E-state index in [1.165, 1.54) is 11.1 Å². The van der Waals surface area contributed by atoms with Crippen LogP contribution in [0.2, 0.25) is 0 Å². The first-order chi connectivity index (χ1) is 9.97. The van der Waals surface area contributed by atoms with Crippen molar-refractivity contribution in [1.82, 2.24) is 19.9 Å². The van der Waals surface area contributed by atoms with E-state index in [0.29, 0.717) is 13.0 Å². The van der Waals surface area contributed by atoms with Gasteiger partial charge in [0.25, 0.3) is 5.91 Å². The molecule has 1 N–H and O–H groups in total. The second-order valence-corrected chi connectivity index (χ2v) is 5.75. The van der Waals surface area contributed by atoms with Crippen LogP contribution in [0.1, 0.15) is 30.9 Å². The van der Waals surface area contributed by atoms with Crippen LogP contribution < -0.4 is 0 Å². The summed E-state index contributed by atoms with van der Waals surface area (Å²) in [4.78, 5) is 37.2. The Kier molecular flexibility index (Phi) is 4.59. The van der Waals surface area contributed by atoms with Crippen LogP contribution >= 0.6 is 11.3 Å². The summed E-state index contributed by atoms with van der Waals surface area (Å²) in [5, 5.41) is 9.70. The molecule has 1 amide bonds. The molecule has 0 atom stereocenters. The van der Waals surface area contributed by atoms with Gasteiger partial charge in [-0.25, -0.2) is 19.7 Å². The number of carbonyl (C=O) groups excluding carboxylic acids is 1. The molecule has 0 saturated carbocycles. The number of hydrogen-bond acceptors (Lipinski definition) is 6. The molecule has 0 radical (unpaired) electrons. The minimum Gasteiger partial charge on any atom is -0.476 e. The summed E-state index contributed by atoms with van der Waals surface area (Å²) in [7, 11) is 1.66. The fourth-order valence-corrected chi connectivity index (χ4v) is 2.40. The van der Waals surface area contributed by atoms with Crippen molar-refractivity contribution in [2.24, 2.45) is 0 Å². The van der Waals surface area contributed by atoms with Crippen LogP contribution in [-0.4, -0.2) is 50.4 Å². The van der Waals surface area contributed by atoms with Crippen LogP contribution in [0.4, 0.5) is 0 Å². The van der Waals surface area contributed by atoms with Crippen LogP contribution in [-0.2, 0) is 6.42 Å². The smallest absolute Gasteiger partial charge is 0.356 e. The molecule has 2 aromatic rings. The molecule has 0 aliphatic carbocycles.